The number of carbonyl (C=O) groups excluding carboxylic acids is 1. The standard InChI is InChI=1S/C14H15N3O/c1-17(11-6-12-2-7-15-8-3-12)14(18)13-4-9-16-10-5-13/h2-5,7-10H,6,11H2,1H3. The quantitative estimate of drug-likeness (QED) is 0.819. The average molecular weight is 241 g/mol. The van der Waals surface area contributed by atoms with Crippen molar-refractivity contribution in [3.8, 4) is 0 Å². The summed E-state index contributed by atoms with van der Waals surface area (Å²) in [6.45, 7) is 0.686. The molecule has 4 heteroatoms. The molecule has 2 aromatic heterocycles. The third kappa shape index (κ3) is 3.13. The minimum atomic E-state index is 0.0199. The van der Waals surface area contributed by atoms with E-state index in [-0.39, 0.29) is 5.91 Å². The van der Waals surface area contributed by atoms with Gasteiger partial charge in [0.1, 0.15) is 0 Å². The van der Waals surface area contributed by atoms with Crippen molar-refractivity contribution >= 4 is 5.91 Å². The first-order valence-electron chi connectivity index (χ1n) is 5.82. The lowest BCUT2D eigenvalue weighted by Crippen LogP contribution is -2.28. The first kappa shape index (κ1) is 12.2. The summed E-state index contributed by atoms with van der Waals surface area (Å²) < 4.78 is 0. The molecular formula is C14H15N3O. The molecule has 4 nitrogen and oxygen atoms in total. The van der Waals surface area contributed by atoms with Crippen LogP contribution in [-0.4, -0.2) is 34.4 Å². The summed E-state index contributed by atoms with van der Waals surface area (Å²) in [5.74, 6) is 0.0199. The summed E-state index contributed by atoms with van der Waals surface area (Å²) in [5.41, 5.74) is 1.85. The first-order chi connectivity index (χ1) is 8.77. The smallest absolute Gasteiger partial charge is 0.253 e. The van der Waals surface area contributed by atoms with Crippen LogP contribution in [0.25, 0.3) is 0 Å². The summed E-state index contributed by atoms with van der Waals surface area (Å²) in [6, 6.07) is 7.38. The maximum absolute atomic E-state index is 12.1. The molecule has 18 heavy (non-hydrogen) atoms. The minimum Gasteiger partial charge on any atom is -0.341 e. The van der Waals surface area contributed by atoms with Crippen molar-refractivity contribution in [1.82, 2.24) is 14.9 Å². The molecule has 0 saturated heterocycles. The highest BCUT2D eigenvalue weighted by Gasteiger charge is 2.10. The molecule has 0 atom stereocenters. The van der Waals surface area contributed by atoms with E-state index in [1.165, 1.54) is 5.56 Å². The molecule has 0 N–H and O–H groups in total. The van der Waals surface area contributed by atoms with Crippen LogP contribution >= 0.6 is 0 Å². The van der Waals surface area contributed by atoms with Gasteiger partial charge in [-0.1, -0.05) is 0 Å². The third-order valence-electron chi connectivity index (χ3n) is 2.76. The monoisotopic (exact) mass is 241 g/mol. The van der Waals surface area contributed by atoms with Crippen LogP contribution in [0.3, 0.4) is 0 Å². The molecule has 92 valence electrons. The van der Waals surface area contributed by atoms with Crippen molar-refractivity contribution in [2.75, 3.05) is 13.6 Å². The largest absolute Gasteiger partial charge is 0.341 e. The van der Waals surface area contributed by atoms with E-state index >= 15 is 0 Å². The fourth-order valence-electron chi connectivity index (χ4n) is 1.66. The minimum absolute atomic E-state index is 0.0199. The summed E-state index contributed by atoms with van der Waals surface area (Å²) in [5, 5.41) is 0. The number of rotatable bonds is 4. The van der Waals surface area contributed by atoms with Crippen LogP contribution in [0.1, 0.15) is 15.9 Å². The van der Waals surface area contributed by atoms with Gasteiger partial charge in [-0.2, -0.15) is 0 Å². The Bertz CT molecular complexity index is 499. The number of pyridine rings is 2. The van der Waals surface area contributed by atoms with Gasteiger partial charge in [0.2, 0.25) is 0 Å². The van der Waals surface area contributed by atoms with Gasteiger partial charge in [-0.3, -0.25) is 14.8 Å². The zero-order chi connectivity index (χ0) is 12.8. The fraction of sp³-hybridized carbons (Fsp3) is 0.214. The fourth-order valence-corrected chi connectivity index (χ4v) is 1.66. The van der Waals surface area contributed by atoms with E-state index in [0.717, 1.165) is 6.42 Å². The van der Waals surface area contributed by atoms with Gasteiger partial charge in [-0.15, -0.1) is 0 Å². The van der Waals surface area contributed by atoms with Crippen molar-refractivity contribution < 1.29 is 4.79 Å². The topological polar surface area (TPSA) is 46.1 Å². The van der Waals surface area contributed by atoms with Crippen molar-refractivity contribution in [2.45, 2.75) is 6.42 Å². The molecule has 2 aromatic rings. The summed E-state index contributed by atoms with van der Waals surface area (Å²) >= 11 is 0. The van der Waals surface area contributed by atoms with Gasteiger partial charge in [0.25, 0.3) is 5.91 Å². The zero-order valence-corrected chi connectivity index (χ0v) is 10.3. The number of aromatic nitrogens is 2. The Kier molecular flexibility index (Phi) is 4.02. The molecule has 0 spiro atoms. The van der Waals surface area contributed by atoms with Crippen molar-refractivity contribution in [3.63, 3.8) is 0 Å². The highest BCUT2D eigenvalue weighted by atomic mass is 16.2. The molecule has 0 saturated carbocycles. The molecule has 0 aliphatic rings. The second-order valence-electron chi connectivity index (χ2n) is 4.07. The molecule has 2 heterocycles. The normalized spacial score (nSPS) is 10.1. The first-order valence-corrected chi connectivity index (χ1v) is 5.82. The van der Waals surface area contributed by atoms with Crippen LogP contribution in [-0.2, 0) is 6.42 Å². The van der Waals surface area contributed by atoms with E-state index in [1.54, 1.807) is 41.8 Å². The van der Waals surface area contributed by atoms with E-state index in [1.807, 2.05) is 19.2 Å². The van der Waals surface area contributed by atoms with Crippen LogP contribution in [0.5, 0.6) is 0 Å². The van der Waals surface area contributed by atoms with Crippen LogP contribution in [0, 0.1) is 0 Å². The van der Waals surface area contributed by atoms with Gasteiger partial charge in [-0.05, 0) is 36.2 Å². The lowest BCUT2D eigenvalue weighted by Gasteiger charge is -2.17. The van der Waals surface area contributed by atoms with Crippen LogP contribution in [0.15, 0.2) is 49.1 Å². The lowest BCUT2D eigenvalue weighted by atomic mass is 10.2. The Morgan fingerprint density at radius 1 is 1.06 bits per heavy atom. The second-order valence-corrected chi connectivity index (χ2v) is 4.07. The van der Waals surface area contributed by atoms with Gasteiger partial charge >= 0.3 is 0 Å². The maximum Gasteiger partial charge on any atom is 0.253 e. The van der Waals surface area contributed by atoms with Crippen molar-refractivity contribution in [2.24, 2.45) is 0 Å². The predicted molar refractivity (Wildman–Crippen MR) is 69.1 cm³/mol. The summed E-state index contributed by atoms with van der Waals surface area (Å²) in [4.78, 5) is 21.6. The van der Waals surface area contributed by atoms with E-state index in [2.05, 4.69) is 9.97 Å². The molecule has 0 aliphatic heterocycles. The Labute approximate surface area is 106 Å². The van der Waals surface area contributed by atoms with E-state index in [9.17, 15) is 4.79 Å². The van der Waals surface area contributed by atoms with Crippen molar-refractivity contribution in [1.29, 1.82) is 0 Å². The average Bonchev–Trinajstić information content (AvgIpc) is 2.46. The van der Waals surface area contributed by atoms with Crippen LogP contribution in [0.4, 0.5) is 0 Å². The number of hydrogen-bond acceptors (Lipinski definition) is 3. The molecule has 0 aliphatic carbocycles. The summed E-state index contributed by atoms with van der Waals surface area (Å²) in [6.07, 6.45) is 7.61. The molecular weight excluding hydrogens is 226 g/mol. The molecule has 0 radical (unpaired) electrons. The van der Waals surface area contributed by atoms with E-state index in [0.29, 0.717) is 12.1 Å². The predicted octanol–water partition coefficient (Wildman–Crippen LogP) is 1.79. The van der Waals surface area contributed by atoms with Gasteiger partial charge in [-0.25, -0.2) is 0 Å². The molecule has 1 amide bonds. The maximum atomic E-state index is 12.1. The number of carbonyl (C=O) groups is 1. The number of hydrogen-bond donors (Lipinski definition) is 0. The van der Waals surface area contributed by atoms with Gasteiger partial charge < -0.3 is 4.90 Å². The lowest BCUT2D eigenvalue weighted by molar-refractivity contribution is 0.0796. The highest BCUT2D eigenvalue weighted by Crippen LogP contribution is 2.04. The van der Waals surface area contributed by atoms with E-state index in [4.69, 9.17) is 0 Å². The molecule has 0 fully saturated rings. The molecule has 2 rings (SSSR count). The SMILES string of the molecule is CN(CCc1ccncc1)C(=O)c1ccncc1. The second kappa shape index (κ2) is 5.91. The van der Waals surface area contributed by atoms with Gasteiger partial charge in [0.15, 0.2) is 0 Å². The Morgan fingerprint density at radius 3 is 2.22 bits per heavy atom. The number of nitrogens with zero attached hydrogens (tertiary/aromatic N) is 3. The number of likely N-dealkylation sites (N-methyl/N-ethyl adjacent to an activating group) is 1. The molecule has 0 unspecified atom stereocenters. The molecule has 0 bridgehead atoms. The summed E-state index contributed by atoms with van der Waals surface area (Å²) in [7, 11) is 1.81. The van der Waals surface area contributed by atoms with Gasteiger partial charge in [0.05, 0.1) is 0 Å². The third-order valence-corrected chi connectivity index (χ3v) is 2.76. The van der Waals surface area contributed by atoms with Crippen LogP contribution < -0.4 is 0 Å². The Morgan fingerprint density at radius 2 is 1.61 bits per heavy atom. The van der Waals surface area contributed by atoms with Gasteiger partial charge in [0, 0.05) is 43.9 Å². The Hall–Kier alpha value is -2.23. The number of amides is 1. The van der Waals surface area contributed by atoms with Crippen molar-refractivity contribution in [3.05, 3.63) is 60.2 Å². The zero-order valence-electron chi connectivity index (χ0n) is 10.3. The van der Waals surface area contributed by atoms with E-state index < -0.39 is 0 Å². The Balaban J connectivity index is 1.93. The van der Waals surface area contributed by atoms with Crippen LogP contribution in [0.2, 0.25) is 0 Å². The highest BCUT2D eigenvalue weighted by molar-refractivity contribution is 5.93. The molecule has 0 aromatic carbocycles.